The number of carbonyl (C=O) groups is 1. The predicted octanol–water partition coefficient (Wildman–Crippen LogP) is 3.83. The lowest BCUT2D eigenvalue weighted by Crippen LogP contribution is -2.36. The fraction of sp³-hybridized carbons (Fsp3) is 0.368. The van der Waals surface area contributed by atoms with Crippen LogP contribution < -0.4 is 10.6 Å². The standard InChI is InChI=1S/C19H23N3O2/c1-19(2)10-7-15(24-19)13-21-18(23)22-17-6-4-3-5-16(17)14-8-11-20-12-9-14/h3-6,8-9,11-12,15H,7,10,13H2,1-2H3,(H2,21,22,23). The summed E-state index contributed by atoms with van der Waals surface area (Å²) < 4.78 is 5.89. The van der Waals surface area contributed by atoms with Crippen LogP contribution in [0.15, 0.2) is 48.8 Å². The van der Waals surface area contributed by atoms with Crippen molar-refractivity contribution in [1.29, 1.82) is 0 Å². The lowest BCUT2D eigenvalue weighted by molar-refractivity contribution is -0.0130. The van der Waals surface area contributed by atoms with Gasteiger partial charge in [0, 0.05) is 24.5 Å². The zero-order valence-electron chi connectivity index (χ0n) is 14.1. The maximum atomic E-state index is 12.2. The summed E-state index contributed by atoms with van der Waals surface area (Å²) in [5, 5.41) is 5.83. The van der Waals surface area contributed by atoms with Crippen LogP contribution in [-0.4, -0.2) is 29.3 Å². The van der Waals surface area contributed by atoms with Gasteiger partial charge in [0.25, 0.3) is 0 Å². The highest BCUT2D eigenvalue weighted by Crippen LogP contribution is 2.29. The summed E-state index contributed by atoms with van der Waals surface area (Å²) in [6, 6.07) is 11.4. The van der Waals surface area contributed by atoms with Crippen molar-refractivity contribution in [3.05, 3.63) is 48.8 Å². The van der Waals surface area contributed by atoms with Gasteiger partial charge in [-0.15, -0.1) is 0 Å². The maximum Gasteiger partial charge on any atom is 0.319 e. The number of hydrogen-bond donors (Lipinski definition) is 2. The SMILES string of the molecule is CC1(C)CCC(CNC(=O)Nc2ccccc2-c2ccncc2)O1. The van der Waals surface area contributed by atoms with E-state index in [0.29, 0.717) is 6.54 Å². The molecule has 1 aromatic carbocycles. The number of amides is 2. The first-order valence-electron chi connectivity index (χ1n) is 8.26. The topological polar surface area (TPSA) is 63.2 Å². The summed E-state index contributed by atoms with van der Waals surface area (Å²) in [5.41, 5.74) is 2.67. The first-order valence-corrected chi connectivity index (χ1v) is 8.26. The molecule has 1 atom stereocenters. The van der Waals surface area contributed by atoms with E-state index in [0.717, 1.165) is 29.7 Å². The third-order valence-corrected chi connectivity index (χ3v) is 4.21. The number of benzene rings is 1. The second-order valence-corrected chi connectivity index (χ2v) is 6.65. The third-order valence-electron chi connectivity index (χ3n) is 4.21. The van der Waals surface area contributed by atoms with Crippen LogP contribution in [0.25, 0.3) is 11.1 Å². The minimum atomic E-state index is -0.218. The lowest BCUT2D eigenvalue weighted by Gasteiger charge is -2.19. The largest absolute Gasteiger partial charge is 0.371 e. The average molecular weight is 325 g/mol. The van der Waals surface area contributed by atoms with Gasteiger partial charge in [0.15, 0.2) is 0 Å². The highest BCUT2D eigenvalue weighted by atomic mass is 16.5. The van der Waals surface area contributed by atoms with Crippen LogP contribution >= 0.6 is 0 Å². The molecule has 2 aromatic rings. The Hall–Kier alpha value is -2.40. The molecule has 1 saturated heterocycles. The molecule has 24 heavy (non-hydrogen) atoms. The van der Waals surface area contributed by atoms with Crippen LogP contribution in [0.4, 0.5) is 10.5 Å². The number of rotatable bonds is 4. The number of nitrogens with zero attached hydrogens (tertiary/aromatic N) is 1. The number of aromatic nitrogens is 1. The number of ether oxygens (including phenoxy) is 1. The minimum Gasteiger partial charge on any atom is -0.371 e. The van der Waals surface area contributed by atoms with Gasteiger partial charge in [0.05, 0.1) is 17.4 Å². The van der Waals surface area contributed by atoms with Crippen LogP contribution in [0.2, 0.25) is 0 Å². The number of pyridine rings is 1. The van der Waals surface area contributed by atoms with Gasteiger partial charge in [-0.1, -0.05) is 18.2 Å². The molecule has 2 amide bonds. The van der Waals surface area contributed by atoms with E-state index in [1.807, 2.05) is 36.4 Å². The van der Waals surface area contributed by atoms with E-state index < -0.39 is 0 Å². The molecule has 2 heterocycles. The maximum absolute atomic E-state index is 12.2. The highest BCUT2D eigenvalue weighted by Gasteiger charge is 2.31. The summed E-state index contributed by atoms with van der Waals surface area (Å²) in [5.74, 6) is 0. The molecule has 0 saturated carbocycles. The number of para-hydroxylation sites is 1. The summed E-state index contributed by atoms with van der Waals surface area (Å²) in [7, 11) is 0. The van der Waals surface area contributed by atoms with Gasteiger partial charge in [-0.3, -0.25) is 4.98 Å². The van der Waals surface area contributed by atoms with Gasteiger partial charge in [0.2, 0.25) is 0 Å². The highest BCUT2D eigenvalue weighted by molar-refractivity contribution is 5.94. The Labute approximate surface area is 142 Å². The molecule has 0 aliphatic carbocycles. The van der Waals surface area contributed by atoms with Crippen LogP contribution in [0, 0.1) is 0 Å². The molecular formula is C19H23N3O2. The number of urea groups is 1. The molecular weight excluding hydrogens is 302 g/mol. The molecule has 1 aromatic heterocycles. The first kappa shape index (κ1) is 16.5. The average Bonchev–Trinajstić information content (AvgIpc) is 2.93. The van der Waals surface area contributed by atoms with Gasteiger partial charge in [-0.05, 0) is 50.5 Å². The Morgan fingerprint density at radius 2 is 2.00 bits per heavy atom. The normalized spacial score (nSPS) is 19.0. The Kier molecular flexibility index (Phi) is 4.81. The van der Waals surface area contributed by atoms with Gasteiger partial charge >= 0.3 is 6.03 Å². The molecule has 126 valence electrons. The van der Waals surface area contributed by atoms with Crippen molar-refractivity contribution in [2.45, 2.75) is 38.4 Å². The van der Waals surface area contributed by atoms with E-state index in [4.69, 9.17) is 4.74 Å². The van der Waals surface area contributed by atoms with E-state index in [1.54, 1.807) is 12.4 Å². The molecule has 1 fully saturated rings. The second kappa shape index (κ2) is 7.01. The number of anilines is 1. The van der Waals surface area contributed by atoms with Crippen molar-refractivity contribution < 1.29 is 9.53 Å². The molecule has 5 heteroatoms. The molecule has 1 aliphatic heterocycles. The van der Waals surface area contributed by atoms with Crippen LogP contribution in [0.3, 0.4) is 0 Å². The zero-order chi connectivity index (χ0) is 17.0. The Balaban J connectivity index is 1.61. The molecule has 0 spiro atoms. The van der Waals surface area contributed by atoms with Crippen molar-refractivity contribution in [2.24, 2.45) is 0 Å². The second-order valence-electron chi connectivity index (χ2n) is 6.65. The Bertz CT molecular complexity index is 701. The van der Waals surface area contributed by atoms with Crippen molar-refractivity contribution in [1.82, 2.24) is 10.3 Å². The van der Waals surface area contributed by atoms with Crippen LogP contribution in [0.5, 0.6) is 0 Å². The molecule has 3 rings (SSSR count). The number of nitrogens with one attached hydrogen (secondary N) is 2. The Morgan fingerprint density at radius 3 is 2.71 bits per heavy atom. The summed E-state index contributed by atoms with van der Waals surface area (Å²) in [4.78, 5) is 16.3. The fourth-order valence-corrected chi connectivity index (χ4v) is 2.97. The predicted molar refractivity (Wildman–Crippen MR) is 94.9 cm³/mol. The van der Waals surface area contributed by atoms with Crippen molar-refractivity contribution in [3.63, 3.8) is 0 Å². The number of hydrogen-bond acceptors (Lipinski definition) is 3. The van der Waals surface area contributed by atoms with E-state index >= 15 is 0 Å². The molecule has 5 nitrogen and oxygen atoms in total. The molecule has 2 N–H and O–H groups in total. The van der Waals surface area contributed by atoms with Gasteiger partial charge in [-0.2, -0.15) is 0 Å². The third kappa shape index (κ3) is 4.11. The van der Waals surface area contributed by atoms with E-state index in [1.165, 1.54) is 0 Å². The molecule has 0 radical (unpaired) electrons. The summed E-state index contributed by atoms with van der Waals surface area (Å²) in [6.45, 7) is 4.68. The summed E-state index contributed by atoms with van der Waals surface area (Å²) in [6.07, 6.45) is 5.56. The smallest absolute Gasteiger partial charge is 0.319 e. The quantitative estimate of drug-likeness (QED) is 0.898. The van der Waals surface area contributed by atoms with E-state index in [2.05, 4.69) is 29.5 Å². The van der Waals surface area contributed by atoms with Gasteiger partial charge in [-0.25, -0.2) is 4.79 Å². The van der Waals surface area contributed by atoms with Crippen LogP contribution in [-0.2, 0) is 4.74 Å². The van der Waals surface area contributed by atoms with Crippen molar-refractivity contribution >= 4 is 11.7 Å². The van der Waals surface area contributed by atoms with Crippen LogP contribution in [0.1, 0.15) is 26.7 Å². The van der Waals surface area contributed by atoms with Gasteiger partial charge < -0.3 is 15.4 Å². The minimum absolute atomic E-state index is 0.0844. The number of carbonyl (C=O) groups excluding carboxylic acids is 1. The molecule has 0 bridgehead atoms. The van der Waals surface area contributed by atoms with Crippen molar-refractivity contribution in [2.75, 3.05) is 11.9 Å². The Morgan fingerprint density at radius 1 is 1.25 bits per heavy atom. The molecule has 1 aliphatic rings. The summed E-state index contributed by atoms with van der Waals surface area (Å²) >= 11 is 0. The van der Waals surface area contributed by atoms with E-state index in [-0.39, 0.29) is 17.7 Å². The zero-order valence-corrected chi connectivity index (χ0v) is 14.1. The van der Waals surface area contributed by atoms with Crippen molar-refractivity contribution in [3.8, 4) is 11.1 Å². The molecule has 1 unspecified atom stereocenters. The lowest BCUT2D eigenvalue weighted by atomic mass is 10.1. The first-order chi connectivity index (χ1) is 11.5. The van der Waals surface area contributed by atoms with Gasteiger partial charge in [0.1, 0.15) is 0 Å². The monoisotopic (exact) mass is 325 g/mol. The fourth-order valence-electron chi connectivity index (χ4n) is 2.97. The van der Waals surface area contributed by atoms with E-state index in [9.17, 15) is 4.79 Å².